The van der Waals surface area contributed by atoms with E-state index in [-0.39, 0.29) is 25.3 Å². The van der Waals surface area contributed by atoms with Gasteiger partial charge < -0.3 is 11.1 Å². The van der Waals surface area contributed by atoms with Crippen LogP contribution in [0.1, 0.15) is 35.2 Å². The molecule has 0 aromatic heterocycles. The summed E-state index contributed by atoms with van der Waals surface area (Å²) in [5, 5.41) is 2.57. The molecule has 1 aromatic carbocycles. The first-order valence-electron chi connectivity index (χ1n) is 6.00. The molecule has 0 aliphatic rings. The second kappa shape index (κ2) is 6.45. The number of nitrogen functional groups attached to an aromatic ring is 1. The molecule has 6 heteroatoms. The van der Waals surface area contributed by atoms with E-state index < -0.39 is 12.6 Å². The lowest BCUT2D eigenvalue weighted by Crippen LogP contribution is -2.25. The number of benzene rings is 1. The minimum atomic E-state index is -4.13. The molecule has 0 radical (unpaired) electrons. The Morgan fingerprint density at radius 1 is 1.32 bits per heavy atom. The molecular weight excluding hydrogens is 257 g/mol. The monoisotopic (exact) mass is 274 g/mol. The van der Waals surface area contributed by atoms with E-state index in [1.54, 1.807) is 18.2 Å². The van der Waals surface area contributed by atoms with Gasteiger partial charge in [0.05, 0.1) is 5.56 Å². The quantitative estimate of drug-likeness (QED) is 0.640. The number of rotatable bonds is 5. The molecule has 3 N–H and O–H groups in total. The summed E-state index contributed by atoms with van der Waals surface area (Å²) in [6, 6.07) is 5.07. The average molecular weight is 274 g/mol. The van der Waals surface area contributed by atoms with E-state index in [1.165, 1.54) is 0 Å². The highest BCUT2D eigenvalue weighted by Crippen LogP contribution is 2.21. The van der Waals surface area contributed by atoms with Gasteiger partial charge in [-0.1, -0.05) is 11.6 Å². The summed E-state index contributed by atoms with van der Waals surface area (Å²) in [4.78, 5) is 11.8. The van der Waals surface area contributed by atoms with Crippen LogP contribution >= 0.6 is 0 Å². The Balaban J connectivity index is 2.38. The number of unbranched alkanes of at least 4 members (excludes halogenated alkanes) is 1. The first-order valence-corrected chi connectivity index (χ1v) is 6.00. The molecule has 3 nitrogen and oxygen atoms in total. The highest BCUT2D eigenvalue weighted by molar-refractivity contribution is 5.99. The molecule has 0 bridgehead atoms. The topological polar surface area (TPSA) is 55.1 Å². The fraction of sp³-hybridized carbons (Fsp3) is 0.462. The van der Waals surface area contributed by atoms with Gasteiger partial charge in [0.2, 0.25) is 0 Å². The molecule has 0 unspecified atom stereocenters. The third-order valence-electron chi connectivity index (χ3n) is 2.63. The van der Waals surface area contributed by atoms with Gasteiger partial charge in [-0.15, -0.1) is 0 Å². The van der Waals surface area contributed by atoms with Crippen molar-refractivity contribution >= 4 is 11.6 Å². The van der Waals surface area contributed by atoms with Crippen molar-refractivity contribution in [1.82, 2.24) is 5.32 Å². The molecule has 1 rings (SSSR count). The minimum Gasteiger partial charge on any atom is -0.398 e. The maximum Gasteiger partial charge on any atom is 0.389 e. The molecule has 0 aliphatic carbocycles. The maximum absolute atomic E-state index is 11.9. The van der Waals surface area contributed by atoms with Gasteiger partial charge >= 0.3 is 6.18 Å². The molecule has 106 valence electrons. The van der Waals surface area contributed by atoms with E-state index in [4.69, 9.17) is 5.73 Å². The smallest absolute Gasteiger partial charge is 0.389 e. The molecule has 0 saturated heterocycles. The Kier molecular flexibility index (Phi) is 5.20. The zero-order chi connectivity index (χ0) is 14.5. The summed E-state index contributed by atoms with van der Waals surface area (Å²) >= 11 is 0. The van der Waals surface area contributed by atoms with Gasteiger partial charge in [-0.2, -0.15) is 13.2 Å². The Labute approximate surface area is 110 Å². The molecule has 0 heterocycles. The zero-order valence-corrected chi connectivity index (χ0v) is 10.7. The first kappa shape index (κ1) is 15.3. The summed E-state index contributed by atoms with van der Waals surface area (Å²) in [7, 11) is 0. The van der Waals surface area contributed by atoms with E-state index in [9.17, 15) is 18.0 Å². The van der Waals surface area contributed by atoms with Gasteiger partial charge in [-0.05, 0) is 31.9 Å². The van der Waals surface area contributed by atoms with Crippen molar-refractivity contribution in [2.24, 2.45) is 0 Å². The van der Waals surface area contributed by atoms with Crippen molar-refractivity contribution in [3.63, 3.8) is 0 Å². The van der Waals surface area contributed by atoms with Gasteiger partial charge in [-0.25, -0.2) is 0 Å². The summed E-state index contributed by atoms with van der Waals surface area (Å²) in [6.07, 6.45) is -4.66. The number of anilines is 1. The zero-order valence-electron chi connectivity index (χ0n) is 10.7. The molecule has 1 aromatic rings. The number of nitrogens with two attached hydrogens (primary N) is 1. The van der Waals surface area contributed by atoms with Gasteiger partial charge in [0, 0.05) is 18.7 Å². The summed E-state index contributed by atoms with van der Waals surface area (Å²) in [6.45, 7) is 2.04. The molecule has 1 amide bonds. The number of alkyl halides is 3. The fourth-order valence-corrected chi connectivity index (χ4v) is 1.61. The number of halogens is 3. The van der Waals surface area contributed by atoms with Crippen molar-refractivity contribution < 1.29 is 18.0 Å². The summed E-state index contributed by atoms with van der Waals surface area (Å²) in [5.74, 6) is -0.354. The minimum absolute atomic E-state index is 0.00702. The Hall–Kier alpha value is -1.72. The number of hydrogen-bond acceptors (Lipinski definition) is 2. The van der Waals surface area contributed by atoms with Crippen molar-refractivity contribution in [2.75, 3.05) is 12.3 Å². The van der Waals surface area contributed by atoms with Crippen molar-refractivity contribution in [1.29, 1.82) is 0 Å². The van der Waals surface area contributed by atoms with Crippen molar-refractivity contribution in [3.8, 4) is 0 Å². The molecule has 0 aliphatic heterocycles. The predicted molar refractivity (Wildman–Crippen MR) is 67.8 cm³/mol. The van der Waals surface area contributed by atoms with Crippen LogP contribution in [0.2, 0.25) is 0 Å². The van der Waals surface area contributed by atoms with E-state index in [2.05, 4.69) is 5.32 Å². The number of nitrogens with one attached hydrogen (secondary N) is 1. The molecule has 0 spiro atoms. The first-order chi connectivity index (χ1) is 8.79. The van der Waals surface area contributed by atoms with Gasteiger partial charge in [0.25, 0.3) is 5.91 Å². The van der Waals surface area contributed by atoms with Crippen LogP contribution in [0, 0.1) is 6.92 Å². The molecule has 19 heavy (non-hydrogen) atoms. The largest absolute Gasteiger partial charge is 0.398 e. The average Bonchev–Trinajstić information content (AvgIpc) is 2.30. The lowest BCUT2D eigenvalue weighted by atomic mass is 10.1. The SMILES string of the molecule is Cc1ccc(N)c(C(=O)NCCCCC(F)(F)F)c1. The van der Waals surface area contributed by atoms with Crippen LogP contribution in [0.3, 0.4) is 0 Å². The van der Waals surface area contributed by atoms with Crippen LogP contribution < -0.4 is 11.1 Å². The van der Waals surface area contributed by atoms with Crippen LogP contribution in [0.25, 0.3) is 0 Å². The Morgan fingerprint density at radius 2 is 2.00 bits per heavy atom. The highest BCUT2D eigenvalue weighted by atomic mass is 19.4. The third-order valence-corrected chi connectivity index (χ3v) is 2.63. The predicted octanol–water partition coefficient (Wildman–Crippen LogP) is 3.04. The number of carbonyl (C=O) groups is 1. The van der Waals surface area contributed by atoms with Gasteiger partial charge in [0.15, 0.2) is 0 Å². The third kappa shape index (κ3) is 5.63. The molecule has 0 atom stereocenters. The number of hydrogen-bond donors (Lipinski definition) is 2. The number of amides is 1. The van der Waals surface area contributed by atoms with E-state index >= 15 is 0 Å². The van der Waals surface area contributed by atoms with Crippen molar-refractivity contribution in [2.45, 2.75) is 32.4 Å². The summed E-state index contributed by atoms with van der Waals surface area (Å²) in [5.41, 5.74) is 7.28. The van der Waals surface area contributed by atoms with Crippen LogP contribution in [0.5, 0.6) is 0 Å². The lowest BCUT2D eigenvalue weighted by molar-refractivity contribution is -0.135. The standard InChI is InChI=1S/C13H17F3N2O/c1-9-4-5-11(17)10(8-9)12(19)18-7-3-2-6-13(14,15)16/h4-5,8H,2-3,6-7,17H2,1H3,(H,18,19). The Morgan fingerprint density at radius 3 is 2.63 bits per heavy atom. The Bertz CT molecular complexity index is 444. The summed E-state index contributed by atoms with van der Waals surface area (Å²) < 4.78 is 35.7. The molecular formula is C13H17F3N2O. The van der Waals surface area contributed by atoms with Crippen LogP contribution in [-0.4, -0.2) is 18.6 Å². The fourth-order valence-electron chi connectivity index (χ4n) is 1.61. The van der Waals surface area contributed by atoms with Gasteiger partial charge in [-0.3, -0.25) is 4.79 Å². The van der Waals surface area contributed by atoms with Crippen LogP contribution in [0.4, 0.5) is 18.9 Å². The number of carbonyl (C=O) groups excluding carboxylic acids is 1. The maximum atomic E-state index is 11.9. The van der Waals surface area contributed by atoms with Crippen LogP contribution in [0.15, 0.2) is 18.2 Å². The highest BCUT2D eigenvalue weighted by Gasteiger charge is 2.25. The van der Waals surface area contributed by atoms with E-state index in [0.717, 1.165) is 5.56 Å². The van der Waals surface area contributed by atoms with Crippen LogP contribution in [-0.2, 0) is 0 Å². The van der Waals surface area contributed by atoms with Crippen molar-refractivity contribution in [3.05, 3.63) is 29.3 Å². The van der Waals surface area contributed by atoms with E-state index in [0.29, 0.717) is 11.3 Å². The number of aryl methyl sites for hydroxylation is 1. The molecule has 0 saturated carbocycles. The second-order valence-electron chi connectivity index (χ2n) is 4.42. The van der Waals surface area contributed by atoms with Gasteiger partial charge in [0.1, 0.15) is 0 Å². The molecule has 0 fully saturated rings. The van der Waals surface area contributed by atoms with E-state index in [1.807, 2.05) is 6.92 Å². The lowest BCUT2D eigenvalue weighted by Gasteiger charge is -2.09. The second-order valence-corrected chi connectivity index (χ2v) is 4.42. The normalized spacial score (nSPS) is 11.4.